The van der Waals surface area contributed by atoms with Crippen molar-refractivity contribution in [1.29, 1.82) is 0 Å². The molecular formula is C17H18N2O2. The zero-order valence-electron chi connectivity index (χ0n) is 12.4. The number of benzene rings is 2. The van der Waals surface area contributed by atoms with Crippen LogP contribution in [0.3, 0.4) is 0 Å². The van der Waals surface area contributed by atoms with E-state index in [9.17, 15) is 9.59 Å². The minimum Gasteiger partial charge on any atom is -0.318 e. The van der Waals surface area contributed by atoms with Crippen molar-refractivity contribution in [2.75, 3.05) is 10.6 Å². The van der Waals surface area contributed by atoms with Crippen molar-refractivity contribution in [1.82, 2.24) is 0 Å². The predicted octanol–water partition coefficient (Wildman–Crippen LogP) is 3.19. The van der Waals surface area contributed by atoms with Gasteiger partial charge in [-0.2, -0.15) is 0 Å². The van der Waals surface area contributed by atoms with Crippen LogP contribution in [0.1, 0.15) is 16.7 Å². The highest BCUT2D eigenvalue weighted by molar-refractivity contribution is 6.43. The maximum absolute atomic E-state index is 12.0. The van der Waals surface area contributed by atoms with Gasteiger partial charge in [-0.05, 0) is 49.6 Å². The van der Waals surface area contributed by atoms with Crippen molar-refractivity contribution in [2.24, 2.45) is 0 Å². The Morgan fingerprint density at radius 2 is 1.38 bits per heavy atom. The Balaban J connectivity index is 2.08. The van der Waals surface area contributed by atoms with Gasteiger partial charge in [0.1, 0.15) is 0 Å². The predicted molar refractivity (Wildman–Crippen MR) is 84.4 cm³/mol. The van der Waals surface area contributed by atoms with E-state index in [4.69, 9.17) is 0 Å². The number of hydrogen-bond acceptors (Lipinski definition) is 2. The van der Waals surface area contributed by atoms with E-state index in [0.717, 1.165) is 16.7 Å². The maximum Gasteiger partial charge on any atom is 0.314 e. The van der Waals surface area contributed by atoms with Crippen LogP contribution in [-0.2, 0) is 9.59 Å². The highest BCUT2D eigenvalue weighted by Gasteiger charge is 2.15. The van der Waals surface area contributed by atoms with Gasteiger partial charge in [0, 0.05) is 11.4 Å². The van der Waals surface area contributed by atoms with E-state index in [-0.39, 0.29) is 0 Å². The molecule has 0 atom stereocenters. The molecule has 4 heteroatoms. The Morgan fingerprint density at radius 1 is 0.810 bits per heavy atom. The summed E-state index contributed by atoms with van der Waals surface area (Å²) in [7, 11) is 0. The average molecular weight is 282 g/mol. The van der Waals surface area contributed by atoms with Crippen LogP contribution in [0.25, 0.3) is 0 Å². The van der Waals surface area contributed by atoms with Gasteiger partial charge in [0.15, 0.2) is 0 Å². The standard InChI is InChI=1S/C17H18N2O2/c1-11-6-4-9-14(10-11)18-16(20)17(21)19-15-12(2)7-5-8-13(15)3/h4-10H,1-3H3,(H,18,20)(H,19,21). The molecular weight excluding hydrogens is 264 g/mol. The SMILES string of the molecule is Cc1cccc(NC(=O)C(=O)Nc2c(C)cccc2C)c1. The number of para-hydroxylation sites is 1. The third-order valence-electron chi connectivity index (χ3n) is 3.20. The monoisotopic (exact) mass is 282 g/mol. The normalized spacial score (nSPS) is 10.0. The van der Waals surface area contributed by atoms with Crippen molar-refractivity contribution < 1.29 is 9.59 Å². The summed E-state index contributed by atoms with van der Waals surface area (Å²) in [4.78, 5) is 23.9. The van der Waals surface area contributed by atoms with Crippen molar-refractivity contribution in [3.63, 3.8) is 0 Å². The van der Waals surface area contributed by atoms with Crippen LogP contribution < -0.4 is 10.6 Å². The van der Waals surface area contributed by atoms with E-state index in [2.05, 4.69) is 10.6 Å². The molecule has 0 spiro atoms. The van der Waals surface area contributed by atoms with E-state index in [1.165, 1.54) is 0 Å². The zero-order chi connectivity index (χ0) is 15.4. The highest BCUT2D eigenvalue weighted by Crippen LogP contribution is 2.19. The molecule has 4 nitrogen and oxygen atoms in total. The summed E-state index contributed by atoms with van der Waals surface area (Å²) in [5.41, 5.74) is 4.15. The summed E-state index contributed by atoms with van der Waals surface area (Å²) < 4.78 is 0. The number of carbonyl (C=O) groups is 2. The number of aryl methyl sites for hydroxylation is 3. The first kappa shape index (κ1) is 14.8. The number of carbonyl (C=O) groups excluding carboxylic acids is 2. The van der Waals surface area contributed by atoms with Gasteiger partial charge in [0.2, 0.25) is 0 Å². The number of nitrogens with one attached hydrogen (secondary N) is 2. The van der Waals surface area contributed by atoms with Gasteiger partial charge in [0.05, 0.1) is 0 Å². The van der Waals surface area contributed by atoms with Crippen LogP contribution >= 0.6 is 0 Å². The van der Waals surface area contributed by atoms with Gasteiger partial charge < -0.3 is 10.6 Å². The molecule has 0 aliphatic rings. The number of hydrogen-bond donors (Lipinski definition) is 2. The summed E-state index contributed by atoms with van der Waals surface area (Å²) in [6.45, 7) is 5.70. The molecule has 0 unspecified atom stereocenters. The van der Waals surface area contributed by atoms with Crippen LogP contribution in [0.15, 0.2) is 42.5 Å². The third-order valence-corrected chi connectivity index (χ3v) is 3.20. The number of anilines is 2. The van der Waals surface area contributed by atoms with Crippen molar-refractivity contribution >= 4 is 23.2 Å². The van der Waals surface area contributed by atoms with Crippen LogP contribution in [0.5, 0.6) is 0 Å². The second-order valence-electron chi connectivity index (χ2n) is 5.04. The molecule has 2 rings (SSSR count). The summed E-state index contributed by atoms with van der Waals surface area (Å²) in [6.07, 6.45) is 0. The number of rotatable bonds is 2. The molecule has 2 amide bonds. The minimum absolute atomic E-state index is 0.608. The molecule has 108 valence electrons. The highest BCUT2D eigenvalue weighted by atomic mass is 16.2. The lowest BCUT2D eigenvalue weighted by molar-refractivity contribution is -0.133. The van der Waals surface area contributed by atoms with E-state index in [0.29, 0.717) is 11.4 Å². The quantitative estimate of drug-likeness (QED) is 0.831. The van der Waals surface area contributed by atoms with Gasteiger partial charge in [0.25, 0.3) is 0 Å². The second-order valence-corrected chi connectivity index (χ2v) is 5.04. The Morgan fingerprint density at radius 3 is 2.00 bits per heavy atom. The lowest BCUT2D eigenvalue weighted by atomic mass is 10.1. The van der Waals surface area contributed by atoms with Gasteiger partial charge in [-0.1, -0.05) is 30.3 Å². The Hall–Kier alpha value is -2.62. The first-order valence-corrected chi connectivity index (χ1v) is 6.72. The summed E-state index contributed by atoms with van der Waals surface area (Å²) >= 11 is 0. The van der Waals surface area contributed by atoms with E-state index < -0.39 is 11.8 Å². The second kappa shape index (κ2) is 6.22. The smallest absolute Gasteiger partial charge is 0.314 e. The van der Waals surface area contributed by atoms with Crippen LogP contribution in [0, 0.1) is 20.8 Å². The molecule has 0 saturated carbocycles. The molecule has 0 aromatic heterocycles. The minimum atomic E-state index is -0.678. The van der Waals surface area contributed by atoms with Gasteiger partial charge in [-0.3, -0.25) is 9.59 Å². The van der Waals surface area contributed by atoms with E-state index in [1.54, 1.807) is 6.07 Å². The molecule has 0 aliphatic heterocycles. The molecule has 0 saturated heterocycles. The van der Waals surface area contributed by atoms with Gasteiger partial charge >= 0.3 is 11.8 Å². The molecule has 0 radical (unpaired) electrons. The first-order chi connectivity index (χ1) is 9.97. The van der Waals surface area contributed by atoms with Crippen LogP contribution in [-0.4, -0.2) is 11.8 Å². The molecule has 0 aliphatic carbocycles. The van der Waals surface area contributed by atoms with Crippen molar-refractivity contribution in [3.8, 4) is 0 Å². The average Bonchev–Trinajstić information content (AvgIpc) is 2.43. The van der Waals surface area contributed by atoms with Gasteiger partial charge in [-0.25, -0.2) is 0 Å². The molecule has 0 heterocycles. The molecule has 21 heavy (non-hydrogen) atoms. The third kappa shape index (κ3) is 3.69. The molecule has 2 aromatic carbocycles. The Kier molecular flexibility index (Phi) is 4.38. The Bertz CT molecular complexity index is 673. The maximum atomic E-state index is 12.0. The lowest BCUT2D eigenvalue weighted by Gasteiger charge is -2.11. The molecule has 2 aromatic rings. The summed E-state index contributed by atoms with van der Waals surface area (Å²) in [6, 6.07) is 13.0. The largest absolute Gasteiger partial charge is 0.318 e. The fourth-order valence-electron chi connectivity index (χ4n) is 2.09. The summed E-state index contributed by atoms with van der Waals surface area (Å²) in [5.74, 6) is -1.35. The molecule has 2 N–H and O–H groups in total. The van der Waals surface area contributed by atoms with E-state index in [1.807, 2.05) is 57.2 Å². The zero-order valence-corrected chi connectivity index (χ0v) is 12.4. The first-order valence-electron chi connectivity index (χ1n) is 6.72. The van der Waals surface area contributed by atoms with E-state index >= 15 is 0 Å². The molecule has 0 fully saturated rings. The van der Waals surface area contributed by atoms with Crippen LogP contribution in [0.2, 0.25) is 0 Å². The van der Waals surface area contributed by atoms with Gasteiger partial charge in [-0.15, -0.1) is 0 Å². The molecule has 0 bridgehead atoms. The lowest BCUT2D eigenvalue weighted by Crippen LogP contribution is -2.29. The van der Waals surface area contributed by atoms with Crippen molar-refractivity contribution in [3.05, 3.63) is 59.2 Å². The number of amides is 2. The summed E-state index contributed by atoms with van der Waals surface area (Å²) in [5, 5.41) is 5.25. The fraction of sp³-hybridized carbons (Fsp3) is 0.176. The fourth-order valence-corrected chi connectivity index (χ4v) is 2.09. The Labute approximate surface area is 124 Å². The van der Waals surface area contributed by atoms with Crippen molar-refractivity contribution in [2.45, 2.75) is 20.8 Å². The van der Waals surface area contributed by atoms with Crippen LogP contribution in [0.4, 0.5) is 11.4 Å². The topological polar surface area (TPSA) is 58.2 Å².